The molecule has 1 saturated heterocycles. The van der Waals surface area contributed by atoms with Gasteiger partial charge >= 0.3 is 0 Å². The molecule has 1 aromatic heterocycles. The molecule has 6 heteroatoms. The molecule has 1 fully saturated rings. The zero-order chi connectivity index (χ0) is 13.2. The third-order valence-corrected chi connectivity index (χ3v) is 3.23. The molecule has 1 unspecified atom stereocenters. The molecule has 1 atom stereocenters. The summed E-state index contributed by atoms with van der Waals surface area (Å²) >= 11 is 0. The van der Waals surface area contributed by atoms with E-state index in [1.807, 2.05) is 18.8 Å². The van der Waals surface area contributed by atoms with Crippen molar-refractivity contribution in [2.24, 2.45) is 0 Å². The van der Waals surface area contributed by atoms with Gasteiger partial charge in [-0.3, -0.25) is 4.68 Å². The highest BCUT2D eigenvalue weighted by atomic mass is 16.5. The highest BCUT2D eigenvalue weighted by molar-refractivity contribution is 5.31. The number of aliphatic hydroxyl groups is 1. The molecule has 0 saturated carbocycles. The van der Waals surface area contributed by atoms with E-state index in [2.05, 4.69) is 10.00 Å². The van der Waals surface area contributed by atoms with Crippen molar-refractivity contribution in [1.82, 2.24) is 14.7 Å². The second-order valence-corrected chi connectivity index (χ2v) is 4.92. The Morgan fingerprint density at radius 1 is 1.61 bits per heavy atom. The van der Waals surface area contributed by atoms with E-state index >= 15 is 0 Å². The third kappa shape index (κ3) is 2.50. The van der Waals surface area contributed by atoms with Crippen LogP contribution in [0.25, 0.3) is 0 Å². The summed E-state index contributed by atoms with van der Waals surface area (Å²) in [7, 11) is 5.61. The van der Waals surface area contributed by atoms with Crippen LogP contribution >= 0.6 is 0 Å². The van der Waals surface area contributed by atoms with Crippen molar-refractivity contribution in [1.29, 1.82) is 0 Å². The van der Waals surface area contributed by atoms with Crippen molar-refractivity contribution in [3.63, 3.8) is 0 Å². The predicted octanol–water partition coefficient (Wildman–Crippen LogP) is 0.0612. The first-order valence-electron chi connectivity index (χ1n) is 6.12. The van der Waals surface area contributed by atoms with Crippen LogP contribution in [0.3, 0.4) is 0 Å². The van der Waals surface area contributed by atoms with Crippen LogP contribution in [-0.4, -0.2) is 60.8 Å². The molecule has 1 aliphatic rings. The van der Waals surface area contributed by atoms with Crippen LogP contribution in [-0.2, 0) is 16.9 Å². The maximum atomic E-state index is 10.6. The molecule has 2 rings (SSSR count). The number of nitrogens with zero attached hydrogens (tertiary/aromatic N) is 3. The lowest BCUT2D eigenvalue weighted by Gasteiger charge is -2.23. The Bertz CT molecular complexity index is 397. The van der Waals surface area contributed by atoms with Crippen LogP contribution in [0.2, 0.25) is 0 Å². The van der Waals surface area contributed by atoms with Crippen LogP contribution in [0.15, 0.2) is 6.20 Å². The van der Waals surface area contributed by atoms with E-state index in [0.717, 1.165) is 12.2 Å². The van der Waals surface area contributed by atoms with Crippen LogP contribution in [0.1, 0.15) is 12.1 Å². The fourth-order valence-electron chi connectivity index (χ4n) is 2.19. The molecule has 0 aromatic carbocycles. The summed E-state index contributed by atoms with van der Waals surface area (Å²) in [6.07, 6.45) is 2.23. The Kier molecular flexibility index (Phi) is 3.89. The number of likely N-dealkylation sites (N-methyl/N-ethyl adjacent to an activating group) is 1. The number of methoxy groups -OCH3 is 1. The molecule has 0 radical (unpaired) electrons. The molecule has 2 heterocycles. The standard InChI is InChI=1S/C12H21N3O3/c1-14(2)5-6-15-11(10(17-3)8-13-15)12(16)4-7-18-9-12/h8,16H,4-7,9H2,1-3H3. The highest BCUT2D eigenvalue weighted by Gasteiger charge is 2.40. The number of hydrogen-bond acceptors (Lipinski definition) is 5. The lowest BCUT2D eigenvalue weighted by Crippen LogP contribution is -2.31. The van der Waals surface area contributed by atoms with Crippen molar-refractivity contribution in [3.05, 3.63) is 11.9 Å². The maximum Gasteiger partial charge on any atom is 0.163 e. The van der Waals surface area contributed by atoms with Gasteiger partial charge in [0.25, 0.3) is 0 Å². The molecular weight excluding hydrogens is 234 g/mol. The van der Waals surface area contributed by atoms with E-state index in [4.69, 9.17) is 9.47 Å². The Labute approximate surface area is 107 Å². The van der Waals surface area contributed by atoms with Crippen molar-refractivity contribution in [2.75, 3.05) is 41.0 Å². The van der Waals surface area contributed by atoms with Crippen LogP contribution in [0, 0.1) is 0 Å². The lowest BCUT2D eigenvalue weighted by molar-refractivity contribution is 0.0131. The van der Waals surface area contributed by atoms with Gasteiger partial charge < -0.3 is 19.5 Å². The maximum absolute atomic E-state index is 10.6. The molecular formula is C12H21N3O3. The van der Waals surface area contributed by atoms with Crippen LogP contribution < -0.4 is 4.74 Å². The Hall–Kier alpha value is -1.11. The number of rotatable bonds is 5. The number of aromatic nitrogens is 2. The summed E-state index contributed by atoms with van der Waals surface area (Å²) in [5.74, 6) is 0.627. The topological polar surface area (TPSA) is 59.8 Å². The molecule has 0 bridgehead atoms. The predicted molar refractivity (Wildman–Crippen MR) is 66.7 cm³/mol. The molecule has 18 heavy (non-hydrogen) atoms. The number of hydrogen-bond donors (Lipinski definition) is 1. The smallest absolute Gasteiger partial charge is 0.163 e. The van der Waals surface area contributed by atoms with Gasteiger partial charge in [0.05, 0.1) is 26.5 Å². The van der Waals surface area contributed by atoms with Gasteiger partial charge in [-0.1, -0.05) is 0 Å². The van der Waals surface area contributed by atoms with Crippen molar-refractivity contribution < 1.29 is 14.6 Å². The summed E-state index contributed by atoms with van der Waals surface area (Å²) < 4.78 is 12.4. The molecule has 1 aromatic rings. The van der Waals surface area contributed by atoms with Crippen molar-refractivity contribution in [3.8, 4) is 5.75 Å². The molecule has 0 amide bonds. The first-order chi connectivity index (χ1) is 8.57. The Balaban J connectivity index is 2.27. The van der Waals surface area contributed by atoms with Crippen molar-refractivity contribution >= 4 is 0 Å². The zero-order valence-corrected chi connectivity index (χ0v) is 11.2. The second kappa shape index (κ2) is 5.26. The second-order valence-electron chi connectivity index (χ2n) is 4.92. The van der Waals surface area contributed by atoms with Crippen LogP contribution in [0.5, 0.6) is 5.75 Å². The van der Waals surface area contributed by atoms with Gasteiger partial charge in [-0.05, 0) is 14.1 Å². The largest absolute Gasteiger partial charge is 0.493 e. The fraction of sp³-hybridized carbons (Fsp3) is 0.750. The fourth-order valence-corrected chi connectivity index (χ4v) is 2.19. The van der Waals surface area contributed by atoms with E-state index in [0.29, 0.717) is 31.9 Å². The summed E-state index contributed by atoms with van der Waals surface area (Å²) in [4.78, 5) is 2.08. The van der Waals surface area contributed by atoms with Crippen molar-refractivity contribution in [2.45, 2.75) is 18.6 Å². The first kappa shape index (κ1) is 13.3. The third-order valence-electron chi connectivity index (χ3n) is 3.23. The van der Waals surface area contributed by atoms with E-state index in [1.54, 1.807) is 13.3 Å². The average molecular weight is 255 g/mol. The van der Waals surface area contributed by atoms with Gasteiger partial charge in [-0.25, -0.2) is 0 Å². The van der Waals surface area contributed by atoms with E-state index in [-0.39, 0.29) is 0 Å². The van der Waals surface area contributed by atoms with E-state index in [1.165, 1.54) is 0 Å². The zero-order valence-electron chi connectivity index (χ0n) is 11.2. The quantitative estimate of drug-likeness (QED) is 0.806. The molecule has 6 nitrogen and oxygen atoms in total. The normalized spacial score (nSPS) is 23.8. The minimum absolute atomic E-state index is 0.303. The SMILES string of the molecule is COc1cnn(CCN(C)C)c1C1(O)CCOC1. The Morgan fingerprint density at radius 2 is 2.39 bits per heavy atom. The summed E-state index contributed by atoms with van der Waals surface area (Å²) in [5, 5.41) is 14.9. The van der Waals surface area contributed by atoms with Crippen LogP contribution in [0.4, 0.5) is 0 Å². The first-order valence-corrected chi connectivity index (χ1v) is 6.12. The van der Waals surface area contributed by atoms with Gasteiger partial charge in [-0.15, -0.1) is 0 Å². The lowest BCUT2D eigenvalue weighted by atomic mass is 9.98. The van der Waals surface area contributed by atoms with Gasteiger partial charge in [0.2, 0.25) is 0 Å². The molecule has 1 N–H and O–H groups in total. The Morgan fingerprint density at radius 3 is 2.94 bits per heavy atom. The molecule has 0 aliphatic carbocycles. The molecule has 1 aliphatic heterocycles. The van der Waals surface area contributed by atoms with E-state index < -0.39 is 5.60 Å². The minimum Gasteiger partial charge on any atom is -0.493 e. The summed E-state index contributed by atoms with van der Waals surface area (Å²) in [6, 6.07) is 0. The molecule has 102 valence electrons. The summed E-state index contributed by atoms with van der Waals surface area (Å²) in [5.41, 5.74) is -0.252. The molecule has 0 spiro atoms. The van der Waals surface area contributed by atoms with Gasteiger partial charge in [0.1, 0.15) is 11.3 Å². The minimum atomic E-state index is -0.978. The summed E-state index contributed by atoms with van der Waals surface area (Å²) in [6.45, 7) is 2.44. The van der Waals surface area contributed by atoms with Gasteiger partial charge in [0.15, 0.2) is 5.75 Å². The number of ether oxygens (including phenoxy) is 2. The highest BCUT2D eigenvalue weighted by Crippen LogP contribution is 2.36. The van der Waals surface area contributed by atoms with Gasteiger partial charge in [-0.2, -0.15) is 5.10 Å². The van der Waals surface area contributed by atoms with E-state index in [9.17, 15) is 5.11 Å². The monoisotopic (exact) mass is 255 g/mol. The average Bonchev–Trinajstić information content (AvgIpc) is 2.92. The van der Waals surface area contributed by atoms with Gasteiger partial charge in [0, 0.05) is 19.6 Å².